The van der Waals surface area contributed by atoms with Gasteiger partial charge >= 0.3 is 6.18 Å². The Hall–Kier alpha value is -1.70. The Morgan fingerprint density at radius 2 is 2.08 bits per heavy atom. The van der Waals surface area contributed by atoms with E-state index in [4.69, 9.17) is 0 Å². The van der Waals surface area contributed by atoms with Crippen LogP contribution in [0.15, 0.2) is 24.3 Å². The first-order chi connectivity index (χ1) is 11.8. The number of amides is 2. The van der Waals surface area contributed by atoms with Crippen molar-refractivity contribution in [3.63, 3.8) is 0 Å². The molecule has 1 atom stereocenters. The van der Waals surface area contributed by atoms with Crippen molar-refractivity contribution in [2.24, 2.45) is 5.92 Å². The molecule has 1 saturated heterocycles. The highest BCUT2D eigenvalue weighted by Crippen LogP contribution is 2.33. The predicted molar refractivity (Wildman–Crippen MR) is 92.5 cm³/mol. The molecular formula is C17H21F3N2O2S. The topological polar surface area (TPSA) is 49.4 Å². The summed E-state index contributed by atoms with van der Waals surface area (Å²) < 4.78 is 38.3. The van der Waals surface area contributed by atoms with Gasteiger partial charge < -0.3 is 10.2 Å². The maximum absolute atomic E-state index is 12.8. The molecule has 1 aliphatic rings. The van der Waals surface area contributed by atoms with E-state index in [9.17, 15) is 22.8 Å². The summed E-state index contributed by atoms with van der Waals surface area (Å²) in [6.07, 6.45) is -3.84. The van der Waals surface area contributed by atoms with E-state index in [1.165, 1.54) is 4.90 Å². The third kappa shape index (κ3) is 6.26. The summed E-state index contributed by atoms with van der Waals surface area (Å²) in [5, 5.41) is 2.73. The number of likely N-dealkylation sites (tertiary alicyclic amines) is 1. The largest absolute Gasteiger partial charge is 0.393 e. The van der Waals surface area contributed by atoms with Crippen LogP contribution in [0.3, 0.4) is 0 Å². The minimum absolute atomic E-state index is 0.00577. The number of alkyl halides is 3. The number of carbonyl (C=O) groups is 2. The minimum Gasteiger partial charge on any atom is -0.341 e. The Bertz CT molecular complexity index is 622. The molecule has 1 aromatic rings. The summed E-state index contributed by atoms with van der Waals surface area (Å²) in [5.74, 6) is -1.94. The normalized spacial score (nSPS) is 18.1. The van der Waals surface area contributed by atoms with Crippen LogP contribution in [0.1, 0.15) is 18.4 Å². The zero-order valence-electron chi connectivity index (χ0n) is 13.9. The average Bonchev–Trinajstić information content (AvgIpc) is 2.54. The first-order valence-electron chi connectivity index (χ1n) is 8.04. The van der Waals surface area contributed by atoms with Gasteiger partial charge in [-0.1, -0.05) is 12.1 Å². The van der Waals surface area contributed by atoms with Gasteiger partial charge in [0.2, 0.25) is 11.8 Å². The maximum atomic E-state index is 12.8. The molecule has 2 rings (SSSR count). The van der Waals surface area contributed by atoms with Crippen molar-refractivity contribution < 1.29 is 22.8 Å². The maximum Gasteiger partial charge on any atom is 0.393 e. The van der Waals surface area contributed by atoms with E-state index in [2.05, 4.69) is 5.32 Å². The first kappa shape index (κ1) is 19.6. The van der Waals surface area contributed by atoms with Crippen LogP contribution in [0, 0.1) is 12.8 Å². The zero-order valence-corrected chi connectivity index (χ0v) is 14.8. The smallest absolute Gasteiger partial charge is 0.341 e. The lowest BCUT2D eigenvalue weighted by molar-refractivity contribution is -0.187. The lowest BCUT2D eigenvalue weighted by atomic mass is 9.97. The second kappa shape index (κ2) is 8.60. The fourth-order valence-electron chi connectivity index (χ4n) is 2.71. The van der Waals surface area contributed by atoms with Gasteiger partial charge in [-0.2, -0.15) is 13.2 Å². The summed E-state index contributed by atoms with van der Waals surface area (Å²) in [6, 6.07) is 7.34. The molecule has 0 aliphatic carbocycles. The summed E-state index contributed by atoms with van der Waals surface area (Å²) in [6.45, 7) is 1.98. The number of hydrogen-bond donors (Lipinski definition) is 1. The molecule has 4 nitrogen and oxygen atoms in total. The van der Waals surface area contributed by atoms with Gasteiger partial charge in [0.05, 0.1) is 17.4 Å². The molecule has 1 fully saturated rings. The van der Waals surface area contributed by atoms with Crippen molar-refractivity contribution >= 4 is 29.3 Å². The van der Waals surface area contributed by atoms with E-state index in [0.717, 1.165) is 17.3 Å². The second-order valence-electron chi connectivity index (χ2n) is 6.13. The molecule has 0 aromatic heterocycles. The lowest BCUT2D eigenvalue weighted by Crippen LogP contribution is -2.45. The number of aryl methyl sites for hydroxylation is 1. The van der Waals surface area contributed by atoms with Crippen LogP contribution in [0.5, 0.6) is 0 Å². The Kier molecular flexibility index (Phi) is 6.75. The molecule has 0 bridgehead atoms. The fraction of sp³-hybridized carbons (Fsp3) is 0.529. The predicted octanol–water partition coefficient (Wildman–Crippen LogP) is 3.47. The molecule has 1 aliphatic heterocycles. The molecule has 0 unspecified atom stereocenters. The van der Waals surface area contributed by atoms with Crippen LogP contribution < -0.4 is 5.32 Å². The van der Waals surface area contributed by atoms with Gasteiger partial charge in [0, 0.05) is 18.8 Å². The molecule has 138 valence electrons. The number of benzene rings is 1. The van der Waals surface area contributed by atoms with Crippen LogP contribution in [-0.2, 0) is 9.59 Å². The molecule has 8 heteroatoms. The standard InChI is InChI=1S/C17H21F3N2O2S/c1-12-4-2-6-14(8-12)21-15(23)10-25-11-16(24)22-7-3-5-13(9-22)17(18,19)20/h2,4,6,8,13H,3,5,7,9-11H2,1H3,(H,21,23)/t13-/m0/s1. The third-order valence-corrected chi connectivity index (χ3v) is 4.91. The highest BCUT2D eigenvalue weighted by Gasteiger charge is 2.42. The quantitative estimate of drug-likeness (QED) is 0.859. The molecule has 0 spiro atoms. The van der Waals surface area contributed by atoms with Crippen molar-refractivity contribution in [2.45, 2.75) is 25.9 Å². The van der Waals surface area contributed by atoms with E-state index in [-0.39, 0.29) is 36.3 Å². The van der Waals surface area contributed by atoms with Crippen molar-refractivity contribution in [1.82, 2.24) is 4.90 Å². The third-order valence-electron chi connectivity index (χ3n) is 4.00. The second-order valence-corrected chi connectivity index (χ2v) is 7.12. The number of rotatable bonds is 5. The van der Waals surface area contributed by atoms with Gasteiger partial charge in [-0.3, -0.25) is 9.59 Å². The molecule has 2 amide bonds. The number of piperidine rings is 1. The number of thioether (sulfide) groups is 1. The van der Waals surface area contributed by atoms with Crippen molar-refractivity contribution in [2.75, 3.05) is 29.9 Å². The molecule has 25 heavy (non-hydrogen) atoms. The van der Waals surface area contributed by atoms with Gasteiger partial charge in [-0.05, 0) is 37.5 Å². The molecule has 1 aromatic carbocycles. The van der Waals surface area contributed by atoms with E-state index in [1.54, 1.807) is 6.07 Å². The van der Waals surface area contributed by atoms with E-state index >= 15 is 0 Å². The van der Waals surface area contributed by atoms with Crippen LogP contribution in [0.2, 0.25) is 0 Å². The zero-order chi connectivity index (χ0) is 18.4. The molecule has 1 heterocycles. The number of hydrogen-bond acceptors (Lipinski definition) is 3. The van der Waals surface area contributed by atoms with Crippen molar-refractivity contribution in [1.29, 1.82) is 0 Å². The number of nitrogens with zero attached hydrogens (tertiary/aromatic N) is 1. The Morgan fingerprint density at radius 1 is 1.32 bits per heavy atom. The van der Waals surface area contributed by atoms with Gasteiger partial charge in [-0.25, -0.2) is 0 Å². The molecular weight excluding hydrogens is 353 g/mol. The lowest BCUT2D eigenvalue weighted by Gasteiger charge is -2.33. The summed E-state index contributed by atoms with van der Waals surface area (Å²) >= 11 is 1.11. The summed E-state index contributed by atoms with van der Waals surface area (Å²) in [4.78, 5) is 25.2. The Labute approximate surface area is 149 Å². The van der Waals surface area contributed by atoms with Gasteiger partial charge in [0.25, 0.3) is 0 Å². The SMILES string of the molecule is Cc1cccc(NC(=O)CSCC(=O)N2CCC[C@H](C(F)(F)F)C2)c1. The summed E-state index contributed by atoms with van der Waals surface area (Å²) in [7, 11) is 0. The van der Waals surface area contributed by atoms with E-state index in [1.807, 2.05) is 25.1 Å². The fourth-order valence-corrected chi connectivity index (χ4v) is 3.43. The average molecular weight is 374 g/mol. The number of halogens is 3. The van der Waals surface area contributed by atoms with E-state index in [0.29, 0.717) is 18.7 Å². The highest BCUT2D eigenvalue weighted by atomic mass is 32.2. The van der Waals surface area contributed by atoms with Crippen LogP contribution in [0.25, 0.3) is 0 Å². The number of anilines is 1. The molecule has 1 N–H and O–H groups in total. The van der Waals surface area contributed by atoms with Gasteiger partial charge in [0.1, 0.15) is 0 Å². The summed E-state index contributed by atoms with van der Waals surface area (Å²) in [5.41, 5.74) is 1.70. The monoisotopic (exact) mass is 374 g/mol. The first-order valence-corrected chi connectivity index (χ1v) is 9.20. The molecule has 0 saturated carbocycles. The number of nitrogens with one attached hydrogen (secondary N) is 1. The Balaban J connectivity index is 1.73. The van der Waals surface area contributed by atoms with Crippen LogP contribution in [0.4, 0.5) is 18.9 Å². The Morgan fingerprint density at radius 3 is 2.76 bits per heavy atom. The van der Waals surface area contributed by atoms with Crippen molar-refractivity contribution in [3.8, 4) is 0 Å². The van der Waals surface area contributed by atoms with Crippen molar-refractivity contribution in [3.05, 3.63) is 29.8 Å². The van der Waals surface area contributed by atoms with Crippen LogP contribution >= 0.6 is 11.8 Å². The molecule has 0 radical (unpaired) electrons. The highest BCUT2D eigenvalue weighted by molar-refractivity contribution is 8.00. The number of carbonyl (C=O) groups excluding carboxylic acids is 2. The van der Waals surface area contributed by atoms with Gasteiger partial charge in [-0.15, -0.1) is 11.8 Å². The van der Waals surface area contributed by atoms with Crippen LogP contribution in [-0.4, -0.2) is 47.5 Å². The minimum atomic E-state index is -4.26. The van der Waals surface area contributed by atoms with E-state index < -0.39 is 12.1 Å². The van der Waals surface area contributed by atoms with Gasteiger partial charge in [0.15, 0.2) is 0 Å².